The molecule has 0 aliphatic rings. The number of ether oxygens (including phenoxy) is 1. The van der Waals surface area contributed by atoms with E-state index in [0.717, 1.165) is 0 Å². The first kappa shape index (κ1) is 18.0. The van der Waals surface area contributed by atoms with Crippen molar-refractivity contribution in [2.45, 2.75) is 0 Å². The molecule has 3 rings (SSSR count). The number of carbonyl (C=O) groups excluding carboxylic acids is 1. The zero-order valence-electron chi connectivity index (χ0n) is 13.9. The lowest BCUT2D eigenvalue weighted by Crippen LogP contribution is -2.28. The second-order valence-corrected chi connectivity index (χ2v) is 5.36. The molecule has 1 N–H and O–H groups in total. The average Bonchev–Trinajstić information content (AvgIpc) is 3.20. The molecule has 138 valence electrons. The Hall–Kier alpha value is -3.82. The minimum absolute atomic E-state index is 0.132. The van der Waals surface area contributed by atoms with Gasteiger partial charge in [0.15, 0.2) is 0 Å². The zero-order chi connectivity index (χ0) is 19.2. The molecule has 0 saturated heterocycles. The van der Waals surface area contributed by atoms with E-state index in [9.17, 15) is 19.3 Å². The van der Waals surface area contributed by atoms with Crippen molar-refractivity contribution in [1.82, 2.24) is 20.1 Å². The molecular weight excluding hydrogens is 357 g/mol. The van der Waals surface area contributed by atoms with Crippen molar-refractivity contribution in [2.24, 2.45) is 0 Å². The highest BCUT2D eigenvalue weighted by Crippen LogP contribution is 2.23. The summed E-state index contributed by atoms with van der Waals surface area (Å²) < 4.78 is 19.4. The maximum atomic E-state index is 12.8. The lowest BCUT2D eigenvalue weighted by atomic mass is 10.1. The summed E-state index contributed by atoms with van der Waals surface area (Å²) in [6, 6.07) is 9.55. The van der Waals surface area contributed by atoms with Gasteiger partial charge in [-0.1, -0.05) is 0 Å². The van der Waals surface area contributed by atoms with E-state index in [4.69, 9.17) is 4.74 Å². The largest absolute Gasteiger partial charge is 0.492 e. The van der Waals surface area contributed by atoms with Crippen molar-refractivity contribution < 1.29 is 18.8 Å². The Balaban J connectivity index is 1.62. The van der Waals surface area contributed by atoms with Crippen molar-refractivity contribution in [3.63, 3.8) is 0 Å². The van der Waals surface area contributed by atoms with Gasteiger partial charge in [0, 0.05) is 11.6 Å². The predicted molar refractivity (Wildman–Crippen MR) is 92.2 cm³/mol. The number of aromatic nitrogens is 3. The van der Waals surface area contributed by atoms with Gasteiger partial charge >= 0.3 is 0 Å². The van der Waals surface area contributed by atoms with Crippen molar-refractivity contribution in [3.05, 3.63) is 76.6 Å². The molecule has 0 aliphatic carbocycles. The SMILES string of the molecule is O=C(NCCOc1ccc(F)cc1)c1ccc(-n2cncn2)c([N+](=O)[O-])c1. The first-order valence-corrected chi connectivity index (χ1v) is 7.84. The summed E-state index contributed by atoms with van der Waals surface area (Å²) in [5, 5.41) is 17.8. The van der Waals surface area contributed by atoms with E-state index in [1.54, 1.807) is 0 Å². The molecule has 0 spiro atoms. The van der Waals surface area contributed by atoms with Gasteiger partial charge in [-0.25, -0.2) is 14.1 Å². The molecule has 0 fully saturated rings. The van der Waals surface area contributed by atoms with Gasteiger partial charge in [0.25, 0.3) is 11.6 Å². The van der Waals surface area contributed by atoms with Crippen molar-refractivity contribution in [2.75, 3.05) is 13.2 Å². The van der Waals surface area contributed by atoms with Crippen LogP contribution in [0, 0.1) is 15.9 Å². The zero-order valence-corrected chi connectivity index (χ0v) is 13.9. The van der Waals surface area contributed by atoms with Gasteiger partial charge in [0.05, 0.1) is 11.5 Å². The number of benzene rings is 2. The molecule has 10 heteroatoms. The van der Waals surface area contributed by atoms with E-state index >= 15 is 0 Å². The molecule has 0 atom stereocenters. The maximum absolute atomic E-state index is 12.8. The van der Waals surface area contributed by atoms with Crippen LogP contribution in [0.1, 0.15) is 10.4 Å². The lowest BCUT2D eigenvalue weighted by Gasteiger charge is -2.09. The number of hydrogen-bond donors (Lipinski definition) is 1. The number of amides is 1. The Morgan fingerprint density at radius 2 is 2.04 bits per heavy atom. The molecule has 0 bridgehead atoms. The van der Waals surface area contributed by atoms with E-state index in [1.165, 1.54) is 59.8 Å². The lowest BCUT2D eigenvalue weighted by molar-refractivity contribution is -0.384. The third kappa shape index (κ3) is 4.42. The third-order valence-corrected chi connectivity index (χ3v) is 3.57. The summed E-state index contributed by atoms with van der Waals surface area (Å²) in [5.74, 6) is -0.379. The quantitative estimate of drug-likeness (QED) is 0.387. The van der Waals surface area contributed by atoms with E-state index < -0.39 is 10.8 Å². The molecule has 0 radical (unpaired) electrons. The number of nitrogens with one attached hydrogen (secondary N) is 1. The normalized spacial score (nSPS) is 10.4. The topological polar surface area (TPSA) is 112 Å². The summed E-state index contributed by atoms with van der Waals surface area (Å²) in [4.78, 5) is 26.7. The summed E-state index contributed by atoms with van der Waals surface area (Å²) >= 11 is 0. The summed E-state index contributed by atoms with van der Waals surface area (Å²) in [5.41, 5.74) is 0.0664. The molecular formula is C17H14FN5O4. The number of hydrogen-bond acceptors (Lipinski definition) is 6. The van der Waals surface area contributed by atoms with Crippen LogP contribution in [0.3, 0.4) is 0 Å². The Morgan fingerprint density at radius 1 is 1.26 bits per heavy atom. The monoisotopic (exact) mass is 371 g/mol. The highest BCUT2D eigenvalue weighted by molar-refractivity contribution is 5.95. The second-order valence-electron chi connectivity index (χ2n) is 5.36. The number of nitrogens with zero attached hydrogens (tertiary/aromatic N) is 4. The first-order chi connectivity index (χ1) is 13.0. The molecule has 27 heavy (non-hydrogen) atoms. The van der Waals surface area contributed by atoms with E-state index in [0.29, 0.717) is 5.75 Å². The van der Waals surface area contributed by atoms with E-state index in [1.807, 2.05) is 0 Å². The van der Waals surface area contributed by atoms with Crippen LogP contribution in [0.2, 0.25) is 0 Å². The Kier molecular flexibility index (Phi) is 5.36. The van der Waals surface area contributed by atoms with Crippen molar-refractivity contribution in [1.29, 1.82) is 0 Å². The summed E-state index contributed by atoms with van der Waals surface area (Å²) in [6.07, 6.45) is 2.58. The van der Waals surface area contributed by atoms with Crippen LogP contribution in [-0.4, -0.2) is 38.7 Å². The van der Waals surface area contributed by atoms with Crippen LogP contribution < -0.4 is 10.1 Å². The third-order valence-electron chi connectivity index (χ3n) is 3.57. The molecule has 1 aromatic heterocycles. The van der Waals surface area contributed by atoms with Gasteiger partial charge in [-0.15, -0.1) is 0 Å². The van der Waals surface area contributed by atoms with Gasteiger partial charge < -0.3 is 10.1 Å². The number of halogens is 1. The van der Waals surface area contributed by atoms with Crippen LogP contribution >= 0.6 is 0 Å². The van der Waals surface area contributed by atoms with Gasteiger partial charge in [-0.2, -0.15) is 5.10 Å². The second kappa shape index (κ2) is 8.04. The predicted octanol–water partition coefficient (Wildman–Crippen LogP) is 2.12. The van der Waals surface area contributed by atoms with Crippen LogP contribution in [0.5, 0.6) is 5.75 Å². The van der Waals surface area contributed by atoms with Gasteiger partial charge in [-0.05, 0) is 36.4 Å². The molecule has 1 heterocycles. The molecule has 0 saturated carbocycles. The van der Waals surface area contributed by atoms with Crippen molar-refractivity contribution >= 4 is 11.6 Å². The number of nitro benzene ring substituents is 1. The Bertz CT molecular complexity index is 944. The van der Waals surface area contributed by atoms with Gasteiger partial charge in [-0.3, -0.25) is 14.9 Å². The fourth-order valence-electron chi connectivity index (χ4n) is 2.30. The Morgan fingerprint density at radius 3 is 2.70 bits per heavy atom. The van der Waals surface area contributed by atoms with E-state index in [-0.39, 0.29) is 35.9 Å². The van der Waals surface area contributed by atoms with E-state index in [2.05, 4.69) is 15.4 Å². The average molecular weight is 371 g/mol. The minimum atomic E-state index is -0.592. The highest BCUT2D eigenvalue weighted by atomic mass is 19.1. The maximum Gasteiger partial charge on any atom is 0.295 e. The standard InChI is InChI=1S/C17H14FN5O4/c18-13-2-4-14(5-3-13)27-8-7-20-17(24)12-1-6-15(16(9-12)23(25)26)22-11-19-10-21-22/h1-6,9-11H,7-8H2,(H,20,24). The minimum Gasteiger partial charge on any atom is -0.492 e. The smallest absolute Gasteiger partial charge is 0.295 e. The van der Waals surface area contributed by atoms with Gasteiger partial charge in [0.1, 0.15) is 36.5 Å². The molecule has 1 amide bonds. The number of nitro groups is 1. The van der Waals surface area contributed by atoms with Gasteiger partial charge in [0.2, 0.25) is 0 Å². The number of carbonyl (C=O) groups is 1. The first-order valence-electron chi connectivity index (χ1n) is 7.84. The van der Waals surface area contributed by atoms with Crippen molar-refractivity contribution in [3.8, 4) is 11.4 Å². The fraction of sp³-hybridized carbons (Fsp3) is 0.118. The van der Waals surface area contributed by atoms with Crippen LogP contribution in [0.4, 0.5) is 10.1 Å². The molecule has 2 aromatic carbocycles. The van der Waals surface area contributed by atoms with Crippen LogP contribution in [0.15, 0.2) is 55.1 Å². The van der Waals surface area contributed by atoms with Crippen LogP contribution in [0.25, 0.3) is 5.69 Å². The number of rotatable bonds is 7. The van der Waals surface area contributed by atoms with Crippen LogP contribution in [-0.2, 0) is 0 Å². The highest BCUT2D eigenvalue weighted by Gasteiger charge is 2.19. The molecule has 3 aromatic rings. The Labute approximate surface area is 152 Å². The summed E-state index contributed by atoms with van der Waals surface area (Å²) in [6.45, 7) is 0.339. The summed E-state index contributed by atoms with van der Waals surface area (Å²) in [7, 11) is 0. The molecule has 0 aliphatic heterocycles. The fourth-order valence-corrected chi connectivity index (χ4v) is 2.30. The molecule has 9 nitrogen and oxygen atoms in total. The molecule has 0 unspecified atom stereocenters.